The standard InChI is InChI=1S/C17H17N7O/c1-18-15-21-16(20-13-5-3-2-4-6-13)23-17(22-15)24-19-11-12-7-9-14(25)10-8-12/h2-11,25H,1H3,(H3,18,20,21,22,23,24). The molecule has 4 N–H and O–H groups in total. The van der Waals surface area contributed by atoms with Crippen molar-refractivity contribution in [1.82, 2.24) is 15.0 Å². The van der Waals surface area contributed by atoms with E-state index in [1.54, 1.807) is 37.5 Å². The van der Waals surface area contributed by atoms with E-state index in [1.165, 1.54) is 0 Å². The van der Waals surface area contributed by atoms with E-state index in [0.717, 1.165) is 11.3 Å². The first-order valence-corrected chi connectivity index (χ1v) is 7.57. The first-order chi connectivity index (χ1) is 12.2. The largest absolute Gasteiger partial charge is 0.508 e. The highest BCUT2D eigenvalue weighted by Crippen LogP contribution is 2.15. The third-order valence-corrected chi connectivity index (χ3v) is 3.16. The van der Waals surface area contributed by atoms with Crippen molar-refractivity contribution in [3.8, 4) is 5.75 Å². The zero-order valence-corrected chi connectivity index (χ0v) is 13.5. The number of hydrogen-bond donors (Lipinski definition) is 4. The molecule has 0 spiro atoms. The second-order valence-corrected chi connectivity index (χ2v) is 5.01. The van der Waals surface area contributed by atoms with Gasteiger partial charge in [0, 0.05) is 12.7 Å². The molecule has 0 saturated heterocycles. The Bertz CT molecular complexity index is 851. The minimum absolute atomic E-state index is 0.206. The van der Waals surface area contributed by atoms with E-state index in [-0.39, 0.29) is 5.75 Å². The van der Waals surface area contributed by atoms with Crippen LogP contribution in [0.3, 0.4) is 0 Å². The van der Waals surface area contributed by atoms with Gasteiger partial charge < -0.3 is 15.7 Å². The molecule has 8 heteroatoms. The Morgan fingerprint density at radius 3 is 2.28 bits per heavy atom. The van der Waals surface area contributed by atoms with Gasteiger partial charge in [-0.25, -0.2) is 5.43 Å². The summed E-state index contributed by atoms with van der Waals surface area (Å²) in [5.74, 6) is 1.31. The van der Waals surface area contributed by atoms with Crippen LogP contribution in [0.2, 0.25) is 0 Å². The van der Waals surface area contributed by atoms with Gasteiger partial charge in [-0.3, -0.25) is 0 Å². The van der Waals surface area contributed by atoms with Gasteiger partial charge in [-0.05, 0) is 42.0 Å². The minimum Gasteiger partial charge on any atom is -0.508 e. The highest BCUT2D eigenvalue weighted by molar-refractivity contribution is 5.80. The normalized spacial score (nSPS) is 10.6. The zero-order valence-electron chi connectivity index (χ0n) is 13.5. The highest BCUT2D eigenvalue weighted by atomic mass is 16.3. The lowest BCUT2D eigenvalue weighted by atomic mass is 10.2. The summed E-state index contributed by atoms with van der Waals surface area (Å²) < 4.78 is 0. The Hall–Kier alpha value is -3.68. The molecule has 126 valence electrons. The van der Waals surface area contributed by atoms with Gasteiger partial charge in [-0.15, -0.1) is 0 Å². The number of nitrogens with one attached hydrogen (secondary N) is 3. The molecular formula is C17H17N7O. The van der Waals surface area contributed by atoms with Crippen molar-refractivity contribution in [3.05, 3.63) is 60.2 Å². The van der Waals surface area contributed by atoms with E-state index >= 15 is 0 Å². The molecule has 3 rings (SSSR count). The van der Waals surface area contributed by atoms with Crippen molar-refractivity contribution in [2.75, 3.05) is 23.1 Å². The SMILES string of the molecule is CNc1nc(NN=Cc2ccc(O)cc2)nc(Nc2ccccc2)n1. The maximum Gasteiger partial charge on any atom is 0.250 e. The quantitative estimate of drug-likeness (QED) is 0.405. The number of aromatic nitrogens is 3. The topological polar surface area (TPSA) is 107 Å². The number of rotatable bonds is 6. The average Bonchev–Trinajstić information content (AvgIpc) is 2.64. The molecule has 25 heavy (non-hydrogen) atoms. The predicted molar refractivity (Wildman–Crippen MR) is 98.4 cm³/mol. The van der Waals surface area contributed by atoms with Gasteiger partial charge in [-0.2, -0.15) is 20.1 Å². The average molecular weight is 335 g/mol. The number of anilines is 4. The molecular weight excluding hydrogens is 318 g/mol. The molecule has 0 amide bonds. The second-order valence-electron chi connectivity index (χ2n) is 5.01. The number of benzene rings is 2. The molecule has 1 heterocycles. The third kappa shape index (κ3) is 4.64. The Morgan fingerprint density at radius 1 is 0.880 bits per heavy atom. The van der Waals surface area contributed by atoms with Gasteiger partial charge in [0.2, 0.25) is 17.8 Å². The number of phenolic OH excluding ortho intramolecular Hbond substituents is 1. The monoisotopic (exact) mass is 335 g/mol. The lowest BCUT2D eigenvalue weighted by Gasteiger charge is -2.08. The number of para-hydroxylation sites is 1. The summed E-state index contributed by atoms with van der Waals surface area (Å²) in [6.07, 6.45) is 1.60. The summed E-state index contributed by atoms with van der Waals surface area (Å²) in [7, 11) is 1.73. The minimum atomic E-state index is 0.206. The number of nitrogens with zero attached hydrogens (tertiary/aromatic N) is 4. The molecule has 0 radical (unpaired) electrons. The molecule has 0 saturated carbocycles. The summed E-state index contributed by atoms with van der Waals surface area (Å²) in [5.41, 5.74) is 4.47. The maximum atomic E-state index is 9.27. The third-order valence-electron chi connectivity index (χ3n) is 3.16. The van der Waals surface area contributed by atoms with Gasteiger partial charge >= 0.3 is 0 Å². The first kappa shape index (κ1) is 16.2. The van der Waals surface area contributed by atoms with Gasteiger partial charge in [0.1, 0.15) is 5.75 Å². The Kier molecular flexibility index (Phi) is 5.01. The second kappa shape index (κ2) is 7.73. The fourth-order valence-electron chi connectivity index (χ4n) is 1.97. The Labute approximate surface area is 144 Å². The van der Waals surface area contributed by atoms with Crippen LogP contribution in [0.1, 0.15) is 5.56 Å². The summed E-state index contributed by atoms with van der Waals surface area (Å²) >= 11 is 0. The number of hydrazone groups is 1. The fraction of sp³-hybridized carbons (Fsp3) is 0.0588. The molecule has 3 aromatic rings. The predicted octanol–water partition coefficient (Wildman–Crippen LogP) is 2.81. The summed E-state index contributed by atoms with van der Waals surface area (Å²) in [4.78, 5) is 12.7. The molecule has 0 unspecified atom stereocenters. The van der Waals surface area contributed by atoms with E-state index in [2.05, 4.69) is 36.1 Å². The Morgan fingerprint density at radius 2 is 1.56 bits per heavy atom. The van der Waals surface area contributed by atoms with Crippen molar-refractivity contribution in [2.45, 2.75) is 0 Å². The number of aromatic hydroxyl groups is 1. The molecule has 0 bridgehead atoms. The van der Waals surface area contributed by atoms with E-state index in [0.29, 0.717) is 17.8 Å². The molecule has 0 atom stereocenters. The molecule has 8 nitrogen and oxygen atoms in total. The smallest absolute Gasteiger partial charge is 0.250 e. The zero-order chi connectivity index (χ0) is 17.5. The number of phenols is 1. The molecule has 1 aromatic heterocycles. The van der Waals surface area contributed by atoms with Crippen molar-refractivity contribution in [2.24, 2.45) is 5.10 Å². The van der Waals surface area contributed by atoms with Crippen LogP contribution in [0.4, 0.5) is 23.5 Å². The fourth-order valence-corrected chi connectivity index (χ4v) is 1.97. The van der Waals surface area contributed by atoms with Crippen molar-refractivity contribution in [3.63, 3.8) is 0 Å². The van der Waals surface area contributed by atoms with Crippen LogP contribution < -0.4 is 16.1 Å². The maximum absolute atomic E-state index is 9.27. The van der Waals surface area contributed by atoms with E-state index in [1.807, 2.05) is 30.3 Å². The lowest BCUT2D eigenvalue weighted by molar-refractivity contribution is 0.475. The van der Waals surface area contributed by atoms with Gasteiger partial charge in [0.25, 0.3) is 0 Å². The first-order valence-electron chi connectivity index (χ1n) is 7.57. The number of hydrogen-bond acceptors (Lipinski definition) is 8. The Balaban J connectivity index is 1.74. The molecule has 0 aliphatic rings. The molecule has 0 fully saturated rings. The van der Waals surface area contributed by atoms with Crippen LogP contribution in [0.25, 0.3) is 0 Å². The van der Waals surface area contributed by atoms with Crippen LogP contribution in [-0.2, 0) is 0 Å². The van der Waals surface area contributed by atoms with Crippen LogP contribution in [0.15, 0.2) is 59.7 Å². The van der Waals surface area contributed by atoms with Crippen LogP contribution in [0, 0.1) is 0 Å². The van der Waals surface area contributed by atoms with Gasteiger partial charge in [0.15, 0.2) is 0 Å². The lowest BCUT2D eigenvalue weighted by Crippen LogP contribution is -2.07. The molecule has 0 aliphatic heterocycles. The van der Waals surface area contributed by atoms with E-state index in [4.69, 9.17) is 0 Å². The van der Waals surface area contributed by atoms with Crippen molar-refractivity contribution >= 4 is 29.7 Å². The van der Waals surface area contributed by atoms with E-state index in [9.17, 15) is 5.11 Å². The summed E-state index contributed by atoms with van der Waals surface area (Å²) in [6.45, 7) is 0. The van der Waals surface area contributed by atoms with Crippen LogP contribution >= 0.6 is 0 Å². The van der Waals surface area contributed by atoms with Gasteiger partial charge in [-0.1, -0.05) is 18.2 Å². The van der Waals surface area contributed by atoms with Crippen LogP contribution in [-0.4, -0.2) is 33.3 Å². The van der Waals surface area contributed by atoms with Crippen molar-refractivity contribution in [1.29, 1.82) is 0 Å². The summed E-state index contributed by atoms with van der Waals surface area (Å²) in [5, 5.41) is 19.4. The van der Waals surface area contributed by atoms with Crippen LogP contribution in [0.5, 0.6) is 5.75 Å². The summed E-state index contributed by atoms with van der Waals surface area (Å²) in [6, 6.07) is 16.3. The molecule has 2 aromatic carbocycles. The van der Waals surface area contributed by atoms with Gasteiger partial charge in [0.05, 0.1) is 6.21 Å². The highest BCUT2D eigenvalue weighted by Gasteiger charge is 2.05. The van der Waals surface area contributed by atoms with Crippen molar-refractivity contribution < 1.29 is 5.11 Å². The van der Waals surface area contributed by atoms with E-state index < -0.39 is 0 Å². The molecule has 0 aliphatic carbocycles.